The number of para-hydroxylation sites is 1. The monoisotopic (exact) mass is 296 g/mol. The predicted molar refractivity (Wildman–Crippen MR) is 74.0 cm³/mol. The third kappa shape index (κ3) is 2.12. The zero-order chi connectivity index (χ0) is 14.9. The number of rotatable bonds is 3. The van der Waals surface area contributed by atoms with E-state index in [9.17, 15) is 4.79 Å². The Balaban J connectivity index is 1.56. The minimum atomic E-state index is -0.482. The van der Waals surface area contributed by atoms with E-state index in [1.54, 1.807) is 18.2 Å². The maximum atomic E-state index is 12.1. The number of amides is 1. The molecule has 4 rings (SSSR count). The van der Waals surface area contributed by atoms with E-state index in [1.165, 1.54) is 6.20 Å². The second-order valence-corrected chi connectivity index (χ2v) is 4.39. The van der Waals surface area contributed by atoms with Crippen LogP contribution in [-0.4, -0.2) is 21.3 Å². The van der Waals surface area contributed by atoms with Crippen molar-refractivity contribution in [1.82, 2.24) is 15.4 Å². The van der Waals surface area contributed by atoms with Gasteiger partial charge in [-0.1, -0.05) is 28.5 Å². The van der Waals surface area contributed by atoms with Gasteiger partial charge < -0.3 is 13.4 Å². The summed E-state index contributed by atoms with van der Waals surface area (Å²) in [6, 6.07) is 10.5. The number of carbonyl (C=O) groups is 1. The summed E-state index contributed by atoms with van der Waals surface area (Å²) in [6.07, 6.45) is 1.45. The zero-order valence-electron chi connectivity index (χ0n) is 11.0. The second kappa shape index (κ2) is 4.85. The fourth-order valence-corrected chi connectivity index (χ4v) is 1.95. The molecule has 8 heteroatoms. The molecule has 1 N–H and O–H groups in total. The molecule has 22 heavy (non-hydrogen) atoms. The highest BCUT2D eigenvalue weighted by Crippen LogP contribution is 2.21. The molecule has 0 aliphatic heterocycles. The van der Waals surface area contributed by atoms with Gasteiger partial charge in [0.15, 0.2) is 5.76 Å². The summed E-state index contributed by atoms with van der Waals surface area (Å²) in [6.45, 7) is 0. The van der Waals surface area contributed by atoms with Crippen LogP contribution in [0.3, 0.4) is 0 Å². The molecular formula is C14H8N4O4. The number of furan rings is 1. The Morgan fingerprint density at radius 3 is 2.82 bits per heavy atom. The molecule has 0 radical (unpaired) electrons. The Kier molecular flexibility index (Phi) is 2.72. The van der Waals surface area contributed by atoms with Crippen LogP contribution in [0, 0.1) is 0 Å². The first-order valence-corrected chi connectivity index (χ1v) is 6.34. The third-order valence-corrected chi connectivity index (χ3v) is 2.94. The van der Waals surface area contributed by atoms with E-state index in [0.29, 0.717) is 11.3 Å². The molecule has 0 saturated carbocycles. The minimum absolute atomic E-state index is 0.0585. The number of carbonyl (C=O) groups excluding carboxylic acids is 1. The molecule has 0 unspecified atom stereocenters. The predicted octanol–water partition coefficient (Wildman–Crippen LogP) is 2.72. The van der Waals surface area contributed by atoms with Gasteiger partial charge >= 0.3 is 6.01 Å². The Hall–Kier alpha value is -3.42. The first kappa shape index (κ1) is 12.3. The van der Waals surface area contributed by atoms with Gasteiger partial charge in [0, 0.05) is 11.5 Å². The normalized spacial score (nSPS) is 10.9. The topological polar surface area (TPSA) is 107 Å². The van der Waals surface area contributed by atoms with Crippen LogP contribution < -0.4 is 5.32 Å². The van der Waals surface area contributed by atoms with Crippen molar-refractivity contribution in [2.45, 2.75) is 0 Å². The van der Waals surface area contributed by atoms with Gasteiger partial charge in [-0.3, -0.25) is 10.1 Å². The molecule has 1 aromatic carbocycles. The summed E-state index contributed by atoms with van der Waals surface area (Å²) in [5.74, 6) is 0.110. The summed E-state index contributed by atoms with van der Waals surface area (Å²) in [5.41, 5.74) is 0.625. The van der Waals surface area contributed by atoms with Gasteiger partial charge in [0.1, 0.15) is 5.58 Å². The molecular weight excluding hydrogens is 288 g/mol. The van der Waals surface area contributed by atoms with E-state index in [4.69, 9.17) is 13.4 Å². The van der Waals surface area contributed by atoms with Crippen LogP contribution in [0.2, 0.25) is 0 Å². The van der Waals surface area contributed by atoms with Crippen LogP contribution in [0.5, 0.6) is 0 Å². The standard InChI is InChI=1S/C14H8N4O4/c19-12(11-7-8-3-1-2-4-9(8)20-11)16-14-18-17-13(21-14)10-5-6-15-22-10/h1-7H,(H,16,18,19). The second-order valence-electron chi connectivity index (χ2n) is 4.39. The van der Waals surface area contributed by atoms with Crippen LogP contribution in [0.4, 0.5) is 6.01 Å². The number of anilines is 1. The number of aromatic nitrogens is 3. The number of nitrogens with one attached hydrogen (secondary N) is 1. The highest BCUT2D eigenvalue weighted by molar-refractivity contribution is 6.03. The molecule has 3 aromatic heterocycles. The Labute approximate surface area is 122 Å². The number of nitrogens with zero attached hydrogens (tertiary/aromatic N) is 3. The largest absolute Gasteiger partial charge is 0.451 e. The van der Waals surface area contributed by atoms with Crippen molar-refractivity contribution in [1.29, 1.82) is 0 Å². The van der Waals surface area contributed by atoms with Crippen LogP contribution in [-0.2, 0) is 0 Å². The Morgan fingerprint density at radius 1 is 1.09 bits per heavy atom. The molecule has 108 valence electrons. The van der Waals surface area contributed by atoms with Crippen molar-refractivity contribution in [2.75, 3.05) is 5.32 Å². The first-order valence-electron chi connectivity index (χ1n) is 6.34. The summed E-state index contributed by atoms with van der Waals surface area (Å²) >= 11 is 0. The fourth-order valence-electron chi connectivity index (χ4n) is 1.95. The smallest absolute Gasteiger partial charge is 0.323 e. The maximum Gasteiger partial charge on any atom is 0.323 e. The van der Waals surface area contributed by atoms with E-state index < -0.39 is 5.91 Å². The quantitative estimate of drug-likeness (QED) is 0.619. The maximum absolute atomic E-state index is 12.1. The fraction of sp³-hybridized carbons (Fsp3) is 0. The van der Waals surface area contributed by atoms with Gasteiger partial charge in [0.25, 0.3) is 11.8 Å². The first-order chi connectivity index (χ1) is 10.8. The van der Waals surface area contributed by atoms with Crippen molar-refractivity contribution in [3.63, 3.8) is 0 Å². The van der Waals surface area contributed by atoms with Crippen molar-refractivity contribution in [3.05, 3.63) is 48.4 Å². The van der Waals surface area contributed by atoms with E-state index in [-0.39, 0.29) is 17.7 Å². The third-order valence-electron chi connectivity index (χ3n) is 2.94. The summed E-state index contributed by atoms with van der Waals surface area (Å²) in [4.78, 5) is 12.1. The van der Waals surface area contributed by atoms with E-state index in [1.807, 2.05) is 18.2 Å². The average Bonchev–Trinajstić information content (AvgIpc) is 3.26. The molecule has 0 bridgehead atoms. The number of hydrogen-bond acceptors (Lipinski definition) is 7. The summed E-state index contributed by atoms with van der Waals surface area (Å²) in [7, 11) is 0. The summed E-state index contributed by atoms with van der Waals surface area (Å²) < 4.78 is 15.6. The minimum Gasteiger partial charge on any atom is -0.451 e. The Bertz CT molecular complexity index is 906. The molecule has 0 fully saturated rings. The number of fused-ring (bicyclic) bond motifs is 1. The zero-order valence-corrected chi connectivity index (χ0v) is 11.0. The number of hydrogen-bond donors (Lipinski definition) is 1. The van der Waals surface area contributed by atoms with Gasteiger partial charge in [-0.25, -0.2) is 0 Å². The number of benzene rings is 1. The van der Waals surface area contributed by atoms with Gasteiger partial charge in [0.05, 0.1) is 6.20 Å². The van der Waals surface area contributed by atoms with Crippen LogP contribution in [0.1, 0.15) is 10.6 Å². The van der Waals surface area contributed by atoms with E-state index in [2.05, 4.69) is 20.7 Å². The molecule has 1 amide bonds. The molecule has 0 aliphatic carbocycles. The van der Waals surface area contributed by atoms with E-state index >= 15 is 0 Å². The van der Waals surface area contributed by atoms with Crippen LogP contribution in [0.15, 0.2) is 56.0 Å². The van der Waals surface area contributed by atoms with Crippen molar-refractivity contribution >= 4 is 22.9 Å². The lowest BCUT2D eigenvalue weighted by atomic mass is 10.2. The molecule has 4 aromatic rings. The lowest BCUT2D eigenvalue weighted by Gasteiger charge is -1.95. The SMILES string of the molecule is O=C(Nc1nnc(-c2ccno2)o1)c1cc2ccccc2o1. The molecule has 0 aliphatic rings. The molecule has 0 saturated heterocycles. The molecule has 0 atom stereocenters. The van der Waals surface area contributed by atoms with Crippen LogP contribution >= 0.6 is 0 Å². The van der Waals surface area contributed by atoms with Crippen LogP contribution in [0.25, 0.3) is 22.6 Å². The van der Waals surface area contributed by atoms with Crippen molar-refractivity contribution < 1.29 is 18.2 Å². The lowest BCUT2D eigenvalue weighted by molar-refractivity contribution is 0.0996. The van der Waals surface area contributed by atoms with Gasteiger partial charge in [-0.2, -0.15) is 0 Å². The summed E-state index contributed by atoms with van der Waals surface area (Å²) in [5, 5.41) is 14.3. The lowest BCUT2D eigenvalue weighted by Crippen LogP contribution is -2.10. The average molecular weight is 296 g/mol. The van der Waals surface area contributed by atoms with Crippen molar-refractivity contribution in [3.8, 4) is 11.7 Å². The highest BCUT2D eigenvalue weighted by atomic mass is 16.5. The van der Waals surface area contributed by atoms with E-state index in [0.717, 1.165) is 5.39 Å². The Morgan fingerprint density at radius 2 is 2.00 bits per heavy atom. The van der Waals surface area contributed by atoms with Gasteiger partial charge in [0.2, 0.25) is 5.76 Å². The van der Waals surface area contributed by atoms with Gasteiger partial charge in [-0.05, 0) is 12.1 Å². The molecule has 8 nitrogen and oxygen atoms in total. The highest BCUT2D eigenvalue weighted by Gasteiger charge is 2.17. The van der Waals surface area contributed by atoms with Gasteiger partial charge in [-0.15, -0.1) is 5.10 Å². The molecule has 3 heterocycles. The molecule has 0 spiro atoms. The van der Waals surface area contributed by atoms with Crippen molar-refractivity contribution in [2.24, 2.45) is 0 Å².